The lowest BCUT2D eigenvalue weighted by molar-refractivity contribution is 0.600. The summed E-state index contributed by atoms with van der Waals surface area (Å²) in [6, 6.07) is 12.7. The largest absolute Gasteiger partial charge is 0.357 e. The smallest absolute Gasteiger partial charge is 0.191 e. The van der Waals surface area contributed by atoms with Crippen LogP contribution in [0.5, 0.6) is 0 Å². The van der Waals surface area contributed by atoms with Crippen molar-refractivity contribution in [3.05, 3.63) is 70.5 Å². The number of sulfone groups is 1. The summed E-state index contributed by atoms with van der Waals surface area (Å²) in [6.07, 6.45) is 3.05. The fourth-order valence-corrected chi connectivity index (χ4v) is 3.78. The predicted molar refractivity (Wildman–Crippen MR) is 133 cm³/mol. The lowest BCUT2D eigenvalue weighted by atomic mass is 10.1. The molecule has 166 valence electrons. The summed E-state index contributed by atoms with van der Waals surface area (Å²) in [7, 11) is -3.21. The zero-order chi connectivity index (χ0) is 21.3. The van der Waals surface area contributed by atoms with E-state index in [1.807, 2.05) is 6.92 Å². The lowest BCUT2D eigenvalue weighted by Gasteiger charge is -2.13. The highest BCUT2D eigenvalue weighted by Gasteiger charge is 2.11. The maximum atomic E-state index is 13.7. The van der Waals surface area contributed by atoms with Gasteiger partial charge in [-0.3, -0.25) is 0 Å². The van der Waals surface area contributed by atoms with Gasteiger partial charge in [0.2, 0.25) is 0 Å². The molecule has 0 heterocycles. The summed E-state index contributed by atoms with van der Waals surface area (Å²) in [5.41, 5.74) is 3.70. The quantitative estimate of drug-likeness (QED) is 0.285. The van der Waals surface area contributed by atoms with E-state index >= 15 is 0 Å². The maximum Gasteiger partial charge on any atom is 0.191 e. The van der Waals surface area contributed by atoms with E-state index in [4.69, 9.17) is 0 Å². The molecule has 0 bridgehead atoms. The van der Waals surface area contributed by atoms with E-state index in [9.17, 15) is 12.8 Å². The Morgan fingerprint density at radius 1 is 1.00 bits per heavy atom. The zero-order valence-electron chi connectivity index (χ0n) is 17.7. The van der Waals surface area contributed by atoms with E-state index in [2.05, 4.69) is 46.8 Å². The van der Waals surface area contributed by atoms with Crippen molar-refractivity contribution in [2.45, 2.75) is 39.0 Å². The van der Waals surface area contributed by atoms with Crippen LogP contribution in [0.1, 0.15) is 36.1 Å². The van der Waals surface area contributed by atoms with E-state index < -0.39 is 15.7 Å². The number of hydrogen-bond acceptors (Lipinski definition) is 3. The molecule has 0 aliphatic heterocycles. The molecular weight excluding hydrogens is 516 g/mol. The molecule has 2 rings (SSSR count). The number of nitrogens with one attached hydrogen (secondary N) is 2. The number of aliphatic imine (C=N–C) groups is 1. The van der Waals surface area contributed by atoms with Gasteiger partial charge in [0, 0.05) is 19.3 Å². The third kappa shape index (κ3) is 9.42. The van der Waals surface area contributed by atoms with E-state index in [0.29, 0.717) is 30.2 Å². The van der Waals surface area contributed by atoms with Gasteiger partial charge in [-0.05, 0) is 54.2 Å². The van der Waals surface area contributed by atoms with Crippen molar-refractivity contribution in [2.75, 3.05) is 19.3 Å². The van der Waals surface area contributed by atoms with Crippen molar-refractivity contribution in [3.63, 3.8) is 0 Å². The number of nitrogens with zero attached hydrogens (tertiary/aromatic N) is 1. The molecule has 2 aromatic carbocycles. The molecule has 0 aliphatic rings. The average molecular weight is 547 g/mol. The highest BCUT2D eigenvalue weighted by Crippen LogP contribution is 2.15. The van der Waals surface area contributed by atoms with E-state index in [1.54, 1.807) is 0 Å². The van der Waals surface area contributed by atoms with Gasteiger partial charge < -0.3 is 10.6 Å². The van der Waals surface area contributed by atoms with Crippen LogP contribution in [0.4, 0.5) is 4.39 Å². The van der Waals surface area contributed by atoms with Gasteiger partial charge in [-0.25, -0.2) is 17.8 Å². The first-order valence-electron chi connectivity index (χ1n) is 9.85. The van der Waals surface area contributed by atoms with Crippen molar-refractivity contribution in [3.8, 4) is 0 Å². The summed E-state index contributed by atoms with van der Waals surface area (Å²) in [4.78, 5) is 4.51. The lowest BCUT2D eigenvalue weighted by Crippen LogP contribution is -2.38. The van der Waals surface area contributed by atoms with Crippen LogP contribution in [0.15, 0.2) is 47.5 Å². The molecule has 0 saturated carbocycles. The molecule has 0 aromatic heterocycles. The van der Waals surface area contributed by atoms with Gasteiger partial charge in [0.05, 0.1) is 12.3 Å². The second-order valence-electron chi connectivity index (χ2n) is 7.03. The van der Waals surface area contributed by atoms with Crippen LogP contribution < -0.4 is 10.6 Å². The van der Waals surface area contributed by atoms with E-state index in [-0.39, 0.29) is 36.3 Å². The Labute approximate surface area is 196 Å². The topological polar surface area (TPSA) is 70.6 Å². The molecule has 30 heavy (non-hydrogen) atoms. The first-order chi connectivity index (χ1) is 13.8. The van der Waals surface area contributed by atoms with Gasteiger partial charge in [-0.2, -0.15) is 0 Å². The highest BCUT2D eigenvalue weighted by molar-refractivity contribution is 14.0. The van der Waals surface area contributed by atoms with Gasteiger partial charge >= 0.3 is 0 Å². The molecule has 0 aliphatic carbocycles. The molecule has 0 saturated heterocycles. The summed E-state index contributed by atoms with van der Waals surface area (Å²) in [5.74, 6) is 0.0868. The number of aryl methyl sites for hydroxylation is 1. The molecule has 0 radical (unpaired) electrons. The molecule has 8 heteroatoms. The zero-order valence-corrected chi connectivity index (χ0v) is 20.9. The third-order valence-electron chi connectivity index (χ3n) is 4.48. The number of guanidine groups is 1. The van der Waals surface area contributed by atoms with Crippen LogP contribution in [-0.4, -0.2) is 33.7 Å². The Morgan fingerprint density at radius 2 is 1.67 bits per heavy atom. The van der Waals surface area contributed by atoms with Crippen molar-refractivity contribution in [2.24, 2.45) is 4.99 Å². The second-order valence-corrected chi connectivity index (χ2v) is 9.17. The summed E-state index contributed by atoms with van der Waals surface area (Å²) >= 11 is 0. The molecule has 2 aromatic rings. The highest BCUT2D eigenvalue weighted by atomic mass is 127. The molecular formula is C22H31FIN3O2S. The van der Waals surface area contributed by atoms with Gasteiger partial charge in [0.15, 0.2) is 15.8 Å². The summed E-state index contributed by atoms with van der Waals surface area (Å²) < 4.78 is 36.9. The molecule has 0 amide bonds. The minimum absolute atomic E-state index is 0. The first kappa shape index (κ1) is 26.4. The fourth-order valence-electron chi connectivity index (χ4n) is 2.94. The minimum Gasteiger partial charge on any atom is -0.357 e. The van der Waals surface area contributed by atoms with Crippen LogP contribution in [0.2, 0.25) is 0 Å². The van der Waals surface area contributed by atoms with Crippen molar-refractivity contribution < 1.29 is 12.8 Å². The van der Waals surface area contributed by atoms with Crippen LogP contribution in [0.3, 0.4) is 0 Å². The van der Waals surface area contributed by atoms with Gasteiger partial charge in [0.1, 0.15) is 5.82 Å². The Bertz CT molecular complexity index is 932. The number of benzene rings is 2. The monoisotopic (exact) mass is 547 g/mol. The minimum atomic E-state index is -3.21. The van der Waals surface area contributed by atoms with Crippen molar-refractivity contribution in [1.29, 1.82) is 0 Å². The molecule has 0 atom stereocenters. The standard InChI is InChI=1S/C22H30FN3O2S.HI/c1-4-17-6-8-18(9-7-17)12-13-25-22(24-5-2)26-15-20-14-21(23)11-10-19(20)16-29(3,27)28;/h6-11,14H,4-5,12-13,15-16H2,1-3H3,(H2,24,25,26);1H. The number of rotatable bonds is 9. The fraction of sp³-hybridized carbons (Fsp3) is 0.409. The Kier molecular flexibility index (Phi) is 11.3. The van der Waals surface area contributed by atoms with Crippen LogP contribution in [0.25, 0.3) is 0 Å². The average Bonchev–Trinajstić information content (AvgIpc) is 2.67. The molecule has 0 spiro atoms. The van der Waals surface area contributed by atoms with Crippen LogP contribution in [0, 0.1) is 5.82 Å². The third-order valence-corrected chi connectivity index (χ3v) is 5.31. The Balaban J connectivity index is 0.00000450. The predicted octanol–water partition coefficient (Wildman–Crippen LogP) is 3.85. The van der Waals surface area contributed by atoms with Crippen molar-refractivity contribution >= 4 is 39.8 Å². The second kappa shape index (κ2) is 12.9. The normalized spacial score (nSPS) is 11.7. The number of halogens is 2. The molecule has 5 nitrogen and oxygen atoms in total. The molecule has 0 unspecified atom stereocenters. The van der Waals surface area contributed by atoms with Gasteiger partial charge in [-0.15, -0.1) is 24.0 Å². The van der Waals surface area contributed by atoms with Crippen LogP contribution >= 0.6 is 24.0 Å². The summed E-state index contributed by atoms with van der Waals surface area (Å²) in [6.45, 7) is 5.70. The van der Waals surface area contributed by atoms with Gasteiger partial charge in [-0.1, -0.05) is 37.3 Å². The SMILES string of the molecule is CCNC(=NCc1cc(F)ccc1CS(C)(=O)=O)NCCc1ccc(CC)cc1.I. The molecule has 0 fully saturated rings. The number of hydrogen-bond donors (Lipinski definition) is 2. The van der Waals surface area contributed by atoms with Crippen LogP contribution in [-0.2, 0) is 35.0 Å². The van der Waals surface area contributed by atoms with Gasteiger partial charge in [0.25, 0.3) is 0 Å². The first-order valence-corrected chi connectivity index (χ1v) is 11.9. The summed E-state index contributed by atoms with van der Waals surface area (Å²) in [5, 5.41) is 6.44. The van der Waals surface area contributed by atoms with Crippen molar-refractivity contribution in [1.82, 2.24) is 10.6 Å². The Morgan fingerprint density at radius 3 is 2.27 bits per heavy atom. The van der Waals surface area contributed by atoms with E-state index in [1.165, 1.54) is 35.6 Å². The maximum absolute atomic E-state index is 13.7. The van der Waals surface area contributed by atoms with E-state index in [0.717, 1.165) is 12.8 Å². The Hall–Kier alpha value is -1.68. The molecule has 2 N–H and O–H groups in total.